The van der Waals surface area contributed by atoms with Gasteiger partial charge in [-0.1, -0.05) is 18.2 Å². The van der Waals surface area contributed by atoms with Crippen molar-refractivity contribution in [2.24, 2.45) is 0 Å². The Hall–Kier alpha value is -3.39. The van der Waals surface area contributed by atoms with Crippen molar-refractivity contribution < 1.29 is 22.3 Å². The molecular formula is C23H23FN2O4S. The van der Waals surface area contributed by atoms with Crippen molar-refractivity contribution in [3.8, 4) is 5.75 Å². The van der Waals surface area contributed by atoms with E-state index in [1.54, 1.807) is 56.3 Å². The number of benzene rings is 3. The van der Waals surface area contributed by atoms with Crippen molar-refractivity contribution in [3.63, 3.8) is 0 Å². The number of nitrogens with one attached hydrogen (secondary N) is 2. The molecule has 0 aromatic heterocycles. The van der Waals surface area contributed by atoms with Gasteiger partial charge in [0.1, 0.15) is 11.6 Å². The van der Waals surface area contributed by atoms with E-state index in [0.29, 0.717) is 28.1 Å². The van der Waals surface area contributed by atoms with Gasteiger partial charge in [0.05, 0.1) is 12.0 Å². The Kier molecular flexibility index (Phi) is 6.60. The molecule has 0 spiro atoms. The molecule has 0 radical (unpaired) electrons. The van der Waals surface area contributed by atoms with Crippen molar-refractivity contribution in [2.45, 2.75) is 25.3 Å². The molecule has 0 bridgehead atoms. The molecule has 3 aromatic carbocycles. The third-order valence-electron chi connectivity index (χ3n) is 4.80. The van der Waals surface area contributed by atoms with Crippen molar-refractivity contribution in [1.29, 1.82) is 0 Å². The maximum absolute atomic E-state index is 13.7. The van der Waals surface area contributed by atoms with Gasteiger partial charge in [-0.3, -0.25) is 9.52 Å². The second-order valence-electron chi connectivity index (χ2n) is 7.08. The number of halogens is 1. The molecule has 3 rings (SSSR count). The van der Waals surface area contributed by atoms with Gasteiger partial charge < -0.3 is 10.1 Å². The molecule has 0 saturated carbocycles. The molecule has 0 aliphatic carbocycles. The number of rotatable bonds is 7. The standard InChI is InChI=1S/C23H23FN2O4S/c1-15-5-11-20(31(28,29)26-18-7-9-19(30-3)10-8-18)13-21(15)23(27)25-14-17-6-4-16(2)22(24)12-17/h4-13,26H,14H2,1-3H3,(H,25,27). The molecule has 0 aliphatic rings. The monoisotopic (exact) mass is 442 g/mol. The van der Waals surface area contributed by atoms with E-state index in [-0.39, 0.29) is 22.8 Å². The number of anilines is 1. The highest BCUT2D eigenvalue weighted by molar-refractivity contribution is 7.92. The van der Waals surface area contributed by atoms with Crippen LogP contribution in [0.5, 0.6) is 5.75 Å². The van der Waals surface area contributed by atoms with Crippen LogP contribution in [0.3, 0.4) is 0 Å². The van der Waals surface area contributed by atoms with Crippen LogP contribution in [0.4, 0.5) is 10.1 Å². The summed E-state index contributed by atoms with van der Waals surface area (Å²) in [5.74, 6) is -0.189. The van der Waals surface area contributed by atoms with Crippen LogP contribution in [0.15, 0.2) is 65.6 Å². The van der Waals surface area contributed by atoms with E-state index >= 15 is 0 Å². The number of carbonyl (C=O) groups is 1. The summed E-state index contributed by atoms with van der Waals surface area (Å²) in [7, 11) is -2.38. The van der Waals surface area contributed by atoms with E-state index < -0.39 is 15.9 Å². The molecule has 6 nitrogen and oxygen atoms in total. The Balaban J connectivity index is 1.77. The average Bonchev–Trinajstić information content (AvgIpc) is 2.74. The minimum atomic E-state index is -3.90. The number of ether oxygens (including phenoxy) is 1. The lowest BCUT2D eigenvalue weighted by atomic mass is 10.1. The maximum atomic E-state index is 13.7. The molecule has 3 aromatic rings. The second-order valence-corrected chi connectivity index (χ2v) is 8.76. The summed E-state index contributed by atoms with van der Waals surface area (Å²) >= 11 is 0. The van der Waals surface area contributed by atoms with Crippen LogP contribution in [0.1, 0.15) is 27.0 Å². The summed E-state index contributed by atoms with van der Waals surface area (Å²) in [5, 5.41) is 2.71. The highest BCUT2D eigenvalue weighted by Gasteiger charge is 2.18. The fraction of sp³-hybridized carbons (Fsp3) is 0.174. The van der Waals surface area contributed by atoms with Gasteiger partial charge in [0.15, 0.2) is 0 Å². The van der Waals surface area contributed by atoms with Crippen LogP contribution < -0.4 is 14.8 Å². The van der Waals surface area contributed by atoms with E-state index in [0.717, 1.165) is 0 Å². The molecule has 0 unspecified atom stereocenters. The summed E-state index contributed by atoms with van der Waals surface area (Å²) in [6.45, 7) is 3.50. The van der Waals surface area contributed by atoms with Crippen LogP contribution in [0.25, 0.3) is 0 Å². The second kappa shape index (κ2) is 9.18. The van der Waals surface area contributed by atoms with Crippen LogP contribution in [-0.2, 0) is 16.6 Å². The van der Waals surface area contributed by atoms with Gasteiger partial charge in [-0.2, -0.15) is 0 Å². The third kappa shape index (κ3) is 5.40. The summed E-state index contributed by atoms with van der Waals surface area (Å²) < 4.78 is 46.8. The van der Waals surface area contributed by atoms with E-state index in [1.807, 2.05) is 0 Å². The zero-order chi connectivity index (χ0) is 22.6. The zero-order valence-electron chi connectivity index (χ0n) is 17.4. The normalized spacial score (nSPS) is 11.1. The van der Waals surface area contributed by atoms with Crippen molar-refractivity contribution >= 4 is 21.6 Å². The molecule has 8 heteroatoms. The zero-order valence-corrected chi connectivity index (χ0v) is 18.2. The van der Waals surface area contributed by atoms with Gasteiger partial charge in [0, 0.05) is 17.8 Å². The lowest BCUT2D eigenvalue weighted by molar-refractivity contribution is 0.0950. The van der Waals surface area contributed by atoms with Gasteiger partial charge >= 0.3 is 0 Å². The number of carbonyl (C=O) groups excluding carboxylic acids is 1. The number of hydrogen-bond acceptors (Lipinski definition) is 4. The Morgan fingerprint density at radius 1 is 0.968 bits per heavy atom. The number of methoxy groups -OCH3 is 1. The van der Waals surface area contributed by atoms with Crippen molar-refractivity contribution in [2.75, 3.05) is 11.8 Å². The Bertz CT molecular complexity index is 1210. The summed E-state index contributed by atoms with van der Waals surface area (Å²) in [5.41, 5.74) is 2.35. The lowest BCUT2D eigenvalue weighted by Gasteiger charge is -2.12. The Morgan fingerprint density at radius 2 is 1.65 bits per heavy atom. The SMILES string of the molecule is COc1ccc(NS(=O)(=O)c2ccc(C)c(C(=O)NCc3ccc(C)c(F)c3)c2)cc1. The molecule has 0 fully saturated rings. The molecule has 31 heavy (non-hydrogen) atoms. The first-order valence-electron chi connectivity index (χ1n) is 9.50. The topological polar surface area (TPSA) is 84.5 Å². The number of amides is 1. The van der Waals surface area contributed by atoms with E-state index in [2.05, 4.69) is 10.0 Å². The molecule has 0 aliphatic heterocycles. The summed E-state index contributed by atoms with van der Waals surface area (Å²) in [4.78, 5) is 12.6. The fourth-order valence-electron chi connectivity index (χ4n) is 2.91. The predicted molar refractivity (Wildman–Crippen MR) is 117 cm³/mol. The van der Waals surface area contributed by atoms with Gasteiger partial charge in [-0.15, -0.1) is 0 Å². The molecule has 162 valence electrons. The number of aryl methyl sites for hydroxylation is 2. The van der Waals surface area contributed by atoms with E-state index in [9.17, 15) is 17.6 Å². The van der Waals surface area contributed by atoms with Gasteiger partial charge in [-0.25, -0.2) is 12.8 Å². The first-order chi connectivity index (χ1) is 14.7. The largest absolute Gasteiger partial charge is 0.497 e. The minimum Gasteiger partial charge on any atom is -0.497 e. The average molecular weight is 443 g/mol. The fourth-order valence-corrected chi connectivity index (χ4v) is 3.99. The summed E-state index contributed by atoms with van der Waals surface area (Å²) in [6.07, 6.45) is 0. The first kappa shape index (κ1) is 22.3. The van der Waals surface area contributed by atoms with Gasteiger partial charge in [0.2, 0.25) is 0 Å². The van der Waals surface area contributed by atoms with Crippen molar-refractivity contribution in [3.05, 3.63) is 88.7 Å². The van der Waals surface area contributed by atoms with Crippen LogP contribution in [-0.4, -0.2) is 21.4 Å². The maximum Gasteiger partial charge on any atom is 0.261 e. The van der Waals surface area contributed by atoms with E-state index in [4.69, 9.17) is 4.74 Å². The molecule has 1 amide bonds. The minimum absolute atomic E-state index is 0.0413. The molecule has 2 N–H and O–H groups in total. The number of sulfonamides is 1. The lowest BCUT2D eigenvalue weighted by Crippen LogP contribution is -2.24. The summed E-state index contributed by atoms with van der Waals surface area (Å²) in [6, 6.07) is 15.5. The predicted octanol–water partition coefficient (Wildman–Crippen LogP) is 4.18. The van der Waals surface area contributed by atoms with Gasteiger partial charge in [0.25, 0.3) is 15.9 Å². The molecule has 0 heterocycles. The quantitative estimate of drug-likeness (QED) is 0.575. The van der Waals surface area contributed by atoms with Crippen LogP contribution >= 0.6 is 0 Å². The molecule has 0 atom stereocenters. The number of hydrogen-bond donors (Lipinski definition) is 2. The first-order valence-corrected chi connectivity index (χ1v) is 11.0. The van der Waals surface area contributed by atoms with Crippen molar-refractivity contribution in [1.82, 2.24) is 5.32 Å². The van der Waals surface area contributed by atoms with E-state index in [1.165, 1.54) is 25.3 Å². The third-order valence-corrected chi connectivity index (χ3v) is 6.17. The van der Waals surface area contributed by atoms with Crippen LogP contribution in [0, 0.1) is 19.7 Å². The van der Waals surface area contributed by atoms with Gasteiger partial charge in [-0.05, 0) is 73.0 Å². The molecule has 0 saturated heterocycles. The Labute approximate surface area is 181 Å². The van der Waals surface area contributed by atoms with Crippen LogP contribution in [0.2, 0.25) is 0 Å². The Morgan fingerprint density at radius 3 is 2.29 bits per heavy atom. The highest BCUT2D eigenvalue weighted by Crippen LogP contribution is 2.21. The highest BCUT2D eigenvalue weighted by atomic mass is 32.2. The smallest absolute Gasteiger partial charge is 0.261 e. The molecular weight excluding hydrogens is 419 g/mol.